The monoisotopic (exact) mass is 767 g/mol. The third-order valence-electron chi connectivity index (χ3n) is 12.7. The van der Waals surface area contributed by atoms with Crippen molar-refractivity contribution in [1.29, 1.82) is 0 Å². The topological polar surface area (TPSA) is 30.7 Å². The van der Waals surface area contributed by atoms with Gasteiger partial charge in [0, 0.05) is 31.5 Å². The summed E-state index contributed by atoms with van der Waals surface area (Å²) in [6.45, 7) is 0. The van der Waals surface area contributed by atoms with Crippen LogP contribution in [0.5, 0.6) is 0 Å². The van der Waals surface area contributed by atoms with E-state index in [9.17, 15) is 0 Å². The summed E-state index contributed by atoms with van der Waals surface area (Å²) in [6, 6.07) is 73.0. The summed E-state index contributed by atoms with van der Waals surface area (Å²) >= 11 is 1.89. The van der Waals surface area contributed by atoms with Crippen molar-refractivity contribution in [1.82, 2.24) is 14.5 Å². The molecule has 3 heterocycles. The van der Waals surface area contributed by atoms with E-state index in [2.05, 4.69) is 205 Å². The number of nitrogens with zero attached hydrogens (tertiary/aromatic N) is 3. The summed E-state index contributed by atoms with van der Waals surface area (Å²) in [6.07, 6.45) is 0. The summed E-state index contributed by atoms with van der Waals surface area (Å²) in [7, 11) is 0. The molecule has 0 atom stereocenters. The van der Waals surface area contributed by atoms with Crippen LogP contribution in [0.25, 0.3) is 82.9 Å². The maximum Gasteiger partial charge on any atom is 0.235 e. The molecule has 4 heteroatoms. The molecular weight excluding hydrogens is 735 g/mol. The zero-order valence-electron chi connectivity index (χ0n) is 31.8. The Kier molecular flexibility index (Phi) is 6.87. The highest BCUT2D eigenvalue weighted by atomic mass is 32.2. The predicted molar refractivity (Wildman–Crippen MR) is 244 cm³/mol. The third kappa shape index (κ3) is 4.55. The summed E-state index contributed by atoms with van der Waals surface area (Å²) in [4.78, 5) is 13.5. The number of fused-ring (bicyclic) bond motifs is 15. The molecule has 9 aromatic carbocycles. The second kappa shape index (κ2) is 12.4. The van der Waals surface area contributed by atoms with E-state index in [1.54, 1.807) is 0 Å². The lowest BCUT2D eigenvalue weighted by atomic mass is 9.67. The number of hydrogen-bond donors (Lipinski definition) is 0. The average Bonchev–Trinajstić information content (AvgIpc) is 3.79. The second-order valence-corrected chi connectivity index (χ2v) is 16.7. The van der Waals surface area contributed by atoms with Crippen molar-refractivity contribution >= 4 is 55.2 Å². The van der Waals surface area contributed by atoms with Gasteiger partial charge in [-0.05, 0) is 85.6 Å². The molecule has 0 fully saturated rings. The standard InChI is InChI=1S/C55H33N3S/c1-2-14-34(15-3-1)35-26-28-37(29-27-35)53-41-20-8-12-24-47(41)56-54(57-53)58-48-31-30-36-16-4-5-17-38(36)52(48)42-32-51-46(33-49(42)58)55(45-23-11-13-25-50(45)59-51)43-21-9-6-18-39(43)40-19-7-10-22-44(40)55/h1-33H. The van der Waals surface area contributed by atoms with Crippen LogP contribution in [0.3, 0.4) is 0 Å². The SMILES string of the molecule is c1ccc(-c2ccc(-c3nc(-n4c5cc6c(cc5c5c7ccccc7ccc54)Sc4ccccc4C64c5ccccc5-c5ccccc54)nc4ccccc34)cc2)cc1. The Morgan fingerprint density at radius 3 is 1.83 bits per heavy atom. The van der Waals surface area contributed by atoms with E-state index in [0.29, 0.717) is 5.95 Å². The highest BCUT2D eigenvalue weighted by molar-refractivity contribution is 7.99. The third-order valence-corrected chi connectivity index (χ3v) is 13.8. The molecule has 0 unspecified atom stereocenters. The summed E-state index contributed by atoms with van der Waals surface area (Å²) in [5.41, 5.74) is 14.8. The van der Waals surface area contributed by atoms with E-state index in [4.69, 9.17) is 9.97 Å². The smallest absolute Gasteiger partial charge is 0.235 e. The predicted octanol–water partition coefficient (Wildman–Crippen LogP) is 14.0. The van der Waals surface area contributed by atoms with E-state index >= 15 is 0 Å². The Balaban J connectivity index is 1.14. The van der Waals surface area contributed by atoms with Gasteiger partial charge < -0.3 is 0 Å². The molecule has 0 saturated heterocycles. The van der Waals surface area contributed by atoms with Crippen LogP contribution in [0.1, 0.15) is 22.3 Å². The lowest BCUT2D eigenvalue weighted by Gasteiger charge is -2.39. The molecule has 2 aromatic heterocycles. The van der Waals surface area contributed by atoms with E-state index in [1.165, 1.54) is 75.8 Å². The molecule has 0 radical (unpaired) electrons. The molecular formula is C55H33N3S. The lowest BCUT2D eigenvalue weighted by molar-refractivity contribution is 0.723. The van der Waals surface area contributed by atoms with Crippen LogP contribution < -0.4 is 0 Å². The van der Waals surface area contributed by atoms with Gasteiger partial charge in [-0.15, -0.1) is 0 Å². The highest BCUT2D eigenvalue weighted by Crippen LogP contribution is 2.62. The maximum atomic E-state index is 5.55. The highest BCUT2D eigenvalue weighted by Gasteiger charge is 2.50. The van der Waals surface area contributed by atoms with Crippen LogP contribution in [0.4, 0.5) is 0 Å². The molecule has 1 aliphatic heterocycles. The number of rotatable bonds is 3. The minimum atomic E-state index is -0.502. The van der Waals surface area contributed by atoms with Gasteiger partial charge in [0.05, 0.1) is 27.7 Å². The first kappa shape index (κ1) is 32.8. The molecule has 274 valence electrons. The van der Waals surface area contributed by atoms with Crippen LogP contribution in [-0.2, 0) is 5.41 Å². The first-order valence-electron chi connectivity index (χ1n) is 20.2. The summed E-state index contributed by atoms with van der Waals surface area (Å²) in [5.74, 6) is 0.659. The fourth-order valence-corrected chi connectivity index (χ4v) is 11.4. The van der Waals surface area contributed by atoms with Crippen LogP contribution in [0, 0.1) is 0 Å². The van der Waals surface area contributed by atoms with Gasteiger partial charge in [-0.25, -0.2) is 9.97 Å². The van der Waals surface area contributed by atoms with Crippen molar-refractivity contribution in [3.63, 3.8) is 0 Å². The van der Waals surface area contributed by atoms with E-state index in [-0.39, 0.29) is 0 Å². The van der Waals surface area contributed by atoms with E-state index in [1.807, 2.05) is 11.8 Å². The van der Waals surface area contributed by atoms with E-state index < -0.39 is 5.41 Å². The van der Waals surface area contributed by atoms with Crippen LogP contribution >= 0.6 is 11.8 Å². The Morgan fingerprint density at radius 2 is 1.03 bits per heavy atom. The molecule has 0 amide bonds. The van der Waals surface area contributed by atoms with Crippen molar-refractivity contribution < 1.29 is 0 Å². The Labute approximate surface area is 345 Å². The zero-order chi connectivity index (χ0) is 38.7. The van der Waals surface area contributed by atoms with Crippen LogP contribution in [0.15, 0.2) is 210 Å². The molecule has 0 N–H and O–H groups in total. The van der Waals surface area contributed by atoms with Crippen molar-refractivity contribution in [2.75, 3.05) is 0 Å². The second-order valence-electron chi connectivity index (χ2n) is 15.7. The Hall–Kier alpha value is -7.27. The number of aromatic nitrogens is 3. The average molecular weight is 768 g/mol. The van der Waals surface area contributed by atoms with Crippen molar-refractivity contribution in [3.05, 3.63) is 222 Å². The van der Waals surface area contributed by atoms with Crippen molar-refractivity contribution in [3.8, 4) is 39.5 Å². The van der Waals surface area contributed by atoms with E-state index in [0.717, 1.165) is 33.2 Å². The van der Waals surface area contributed by atoms with Gasteiger partial charge in [0.2, 0.25) is 5.95 Å². The molecule has 13 rings (SSSR count). The van der Waals surface area contributed by atoms with Gasteiger partial charge in [-0.1, -0.05) is 182 Å². The largest absolute Gasteiger partial charge is 0.278 e. The molecule has 1 spiro atoms. The number of para-hydroxylation sites is 1. The van der Waals surface area contributed by atoms with Gasteiger partial charge in [0.15, 0.2) is 0 Å². The molecule has 1 aliphatic carbocycles. The normalized spacial score (nSPS) is 13.5. The van der Waals surface area contributed by atoms with Crippen molar-refractivity contribution in [2.45, 2.75) is 15.2 Å². The van der Waals surface area contributed by atoms with Crippen LogP contribution in [0.2, 0.25) is 0 Å². The maximum absolute atomic E-state index is 5.55. The van der Waals surface area contributed by atoms with Crippen molar-refractivity contribution in [2.24, 2.45) is 0 Å². The Bertz CT molecular complexity index is 3480. The van der Waals surface area contributed by atoms with Gasteiger partial charge in [0.1, 0.15) is 0 Å². The summed E-state index contributed by atoms with van der Waals surface area (Å²) < 4.78 is 2.33. The van der Waals surface area contributed by atoms with Gasteiger partial charge in [0.25, 0.3) is 0 Å². The molecule has 2 aliphatic rings. The molecule has 0 saturated carbocycles. The minimum absolute atomic E-state index is 0.502. The zero-order valence-corrected chi connectivity index (χ0v) is 32.6. The quantitative estimate of drug-likeness (QED) is 0.179. The molecule has 3 nitrogen and oxygen atoms in total. The fraction of sp³-hybridized carbons (Fsp3) is 0.0182. The lowest BCUT2D eigenvalue weighted by Crippen LogP contribution is -2.32. The summed E-state index contributed by atoms with van der Waals surface area (Å²) in [5, 5.41) is 5.87. The van der Waals surface area contributed by atoms with Crippen LogP contribution in [-0.4, -0.2) is 14.5 Å². The number of benzene rings is 9. The van der Waals surface area contributed by atoms with Gasteiger partial charge in [-0.2, -0.15) is 0 Å². The first-order valence-corrected chi connectivity index (χ1v) is 21.0. The first-order chi connectivity index (χ1) is 29.3. The van der Waals surface area contributed by atoms with Gasteiger partial charge in [-0.3, -0.25) is 4.57 Å². The molecule has 11 aromatic rings. The fourth-order valence-electron chi connectivity index (χ4n) is 10.2. The number of hydrogen-bond acceptors (Lipinski definition) is 3. The minimum Gasteiger partial charge on any atom is -0.278 e. The van der Waals surface area contributed by atoms with Gasteiger partial charge >= 0.3 is 0 Å². The molecule has 59 heavy (non-hydrogen) atoms. The Morgan fingerprint density at radius 1 is 0.407 bits per heavy atom. The molecule has 0 bridgehead atoms.